The average molecular weight is 309 g/mol. The SMILES string of the molecule is CCNC(CSc1ccccc1F)c1c(OC)cnn1C. The Morgan fingerprint density at radius 1 is 1.43 bits per heavy atom. The van der Waals surface area contributed by atoms with Crippen LogP contribution in [0.25, 0.3) is 0 Å². The van der Waals surface area contributed by atoms with Gasteiger partial charge in [0.2, 0.25) is 0 Å². The third kappa shape index (κ3) is 3.77. The van der Waals surface area contributed by atoms with E-state index in [1.165, 1.54) is 17.8 Å². The number of benzene rings is 1. The van der Waals surface area contributed by atoms with Gasteiger partial charge in [-0.15, -0.1) is 11.8 Å². The number of aromatic nitrogens is 2. The predicted octanol–water partition coefficient (Wildman–Crippen LogP) is 3.01. The van der Waals surface area contributed by atoms with Gasteiger partial charge in [-0.1, -0.05) is 19.1 Å². The van der Waals surface area contributed by atoms with Crippen LogP contribution in [0, 0.1) is 5.82 Å². The lowest BCUT2D eigenvalue weighted by molar-refractivity contribution is 0.399. The summed E-state index contributed by atoms with van der Waals surface area (Å²) < 4.78 is 20.9. The summed E-state index contributed by atoms with van der Waals surface area (Å²) in [6.07, 6.45) is 1.70. The second-order valence-corrected chi connectivity index (χ2v) is 5.64. The molecule has 1 atom stereocenters. The van der Waals surface area contributed by atoms with E-state index in [4.69, 9.17) is 4.74 Å². The van der Waals surface area contributed by atoms with E-state index in [1.807, 2.05) is 20.0 Å². The zero-order valence-corrected chi connectivity index (χ0v) is 13.3. The van der Waals surface area contributed by atoms with Crippen LogP contribution in [0.15, 0.2) is 35.4 Å². The molecule has 0 fully saturated rings. The van der Waals surface area contributed by atoms with Crippen molar-refractivity contribution in [3.63, 3.8) is 0 Å². The summed E-state index contributed by atoms with van der Waals surface area (Å²) in [7, 11) is 3.52. The van der Waals surface area contributed by atoms with Gasteiger partial charge in [-0.05, 0) is 18.7 Å². The molecular formula is C15H20FN3OS. The maximum absolute atomic E-state index is 13.7. The Hall–Kier alpha value is -1.53. The molecule has 0 amide bonds. The number of hydrogen-bond acceptors (Lipinski definition) is 4. The van der Waals surface area contributed by atoms with Crippen molar-refractivity contribution in [3.05, 3.63) is 42.0 Å². The lowest BCUT2D eigenvalue weighted by Gasteiger charge is -2.19. The molecule has 1 unspecified atom stereocenters. The van der Waals surface area contributed by atoms with Crippen LogP contribution in [0.5, 0.6) is 5.75 Å². The molecule has 0 aliphatic carbocycles. The first-order chi connectivity index (χ1) is 10.2. The van der Waals surface area contributed by atoms with Crippen LogP contribution in [-0.4, -0.2) is 29.2 Å². The number of aryl methyl sites for hydroxylation is 1. The second-order valence-electron chi connectivity index (χ2n) is 4.57. The molecule has 0 bridgehead atoms. The Morgan fingerprint density at radius 2 is 2.19 bits per heavy atom. The van der Waals surface area contributed by atoms with Gasteiger partial charge in [0.05, 0.1) is 25.0 Å². The van der Waals surface area contributed by atoms with E-state index in [-0.39, 0.29) is 11.9 Å². The number of nitrogens with one attached hydrogen (secondary N) is 1. The highest BCUT2D eigenvalue weighted by atomic mass is 32.2. The zero-order chi connectivity index (χ0) is 15.2. The molecule has 0 saturated heterocycles. The molecule has 21 heavy (non-hydrogen) atoms. The van der Waals surface area contributed by atoms with Gasteiger partial charge in [-0.2, -0.15) is 5.10 Å². The molecule has 1 aromatic carbocycles. The maximum atomic E-state index is 13.7. The fraction of sp³-hybridized carbons (Fsp3) is 0.400. The Kier molecular flexibility index (Phi) is 5.64. The van der Waals surface area contributed by atoms with Crippen LogP contribution in [0.1, 0.15) is 18.7 Å². The molecule has 6 heteroatoms. The topological polar surface area (TPSA) is 39.1 Å². The van der Waals surface area contributed by atoms with Crippen LogP contribution < -0.4 is 10.1 Å². The monoisotopic (exact) mass is 309 g/mol. The number of thioether (sulfide) groups is 1. The fourth-order valence-electron chi connectivity index (χ4n) is 2.20. The Morgan fingerprint density at radius 3 is 2.86 bits per heavy atom. The van der Waals surface area contributed by atoms with Gasteiger partial charge in [-0.3, -0.25) is 4.68 Å². The smallest absolute Gasteiger partial charge is 0.161 e. The molecule has 2 rings (SSSR count). The van der Waals surface area contributed by atoms with E-state index in [0.717, 1.165) is 18.0 Å². The minimum atomic E-state index is -0.185. The summed E-state index contributed by atoms with van der Waals surface area (Å²) in [5.41, 5.74) is 0.975. The molecule has 0 saturated carbocycles. The lowest BCUT2D eigenvalue weighted by atomic mass is 10.2. The van der Waals surface area contributed by atoms with Gasteiger partial charge in [-0.25, -0.2) is 4.39 Å². The van der Waals surface area contributed by atoms with Crippen molar-refractivity contribution in [2.45, 2.75) is 17.9 Å². The molecule has 1 aromatic heterocycles. The van der Waals surface area contributed by atoms with E-state index in [1.54, 1.807) is 30.1 Å². The zero-order valence-electron chi connectivity index (χ0n) is 12.5. The highest BCUT2D eigenvalue weighted by Crippen LogP contribution is 2.30. The van der Waals surface area contributed by atoms with Gasteiger partial charge in [0, 0.05) is 17.7 Å². The predicted molar refractivity (Wildman–Crippen MR) is 83.3 cm³/mol. The van der Waals surface area contributed by atoms with Crippen LogP contribution >= 0.6 is 11.8 Å². The third-order valence-corrected chi connectivity index (χ3v) is 4.33. The molecule has 0 aliphatic rings. The van der Waals surface area contributed by atoms with E-state index in [2.05, 4.69) is 10.4 Å². The largest absolute Gasteiger partial charge is 0.493 e. The molecule has 1 N–H and O–H groups in total. The van der Waals surface area contributed by atoms with Gasteiger partial charge in [0.25, 0.3) is 0 Å². The quantitative estimate of drug-likeness (QED) is 0.798. The van der Waals surface area contributed by atoms with Crippen LogP contribution in [0.2, 0.25) is 0 Å². The van der Waals surface area contributed by atoms with Crippen molar-refractivity contribution >= 4 is 11.8 Å². The number of ether oxygens (including phenoxy) is 1. The molecule has 2 aromatic rings. The second kappa shape index (κ2) is 7.47. The minimum absolute atomic E-state index is 0.0436. The lowest BCUT2D eigenvalue weighted by Crippen LogP contribution is -2.25. The first kappa shape index (κ1) is 15.9. The Balaban J connectivity index is 2.16. The van der Waals surface area contributed by atoms with E-state index in [9.17, 15) is 4.39 Å². The maximum Gasteiger partial charge on any atom is 0.161 e. The molecule has 114 valence electrons. The third-order valence-electron chi connectivity index (χ3n) is 3.19. The standard InChI is InChI=1S/C15H20FN3OS/c1-4-17-12(15-13(20-3)9-18-19(15)2)10-21-14-8-6-5-7-11(14)16/h5-9,12,17H,4,10H2,1-3H3. The van der Waals surface area contributed by atoms with Gasteiger partial charge in [0.1, 0.15) is 5.82 Å². The number of rotatable bonds is 7. The van der Waals surface area contributed by atoms with Crippen LogP contribution in [-0.2, 0) is 7.05 Å². The Bertz CT molecular complexity index is 588. The first-order valence-electron chi connectivity index (χ1n) is 6.84. The summed E-state index contributed by atoms with van der Waals surface area (Å²) in [5.74, 6) is 1.26. The summed E-state index contributed by atoms with van der Waals surface area (Å²) in [5, 5.41) is 7.64. The molecule has 0 spiro atoms. The van der Waals surface area contributed by atoms with Crippen molar-refractivity contribution < 1.29 is 9.13 Å². The molecule has 1 heterocycles. The van der Waals surface area contributed by atoms with Crippen molar-refractivity contribution in [2.24, 2.45) is 7.05 Å². The number of hydrogen-bond donors (Lipinski definition) is 1. The van der Waals surface area contributed by atoms with Crippen LogP contribution in [0.4, 0.5) is 4.39 Å². The highest BCUT2D eigenvalue weighted by Gasteiger charge is 2.20. The van der Waals surface area contributed by atoms with Gasteiger partial charge >= 0.3 is 0 Å². The van der Waals surface area contributed by atoms with Crippen molar-refractivity contribution in [3.8, 4) is 5.75 Å². The molecule has 0 aliphatic heterocycles. The number of methoxy groups -OCH3 is 1. The normalized spacial score (nSPS) is 12.4. The first-order valence-corrected chi connectivity index (χ1v) is 7.82. The summed E-state index contributed by atoms with van der Waals surface area (Å²) in [6, 6.07) is 6.87. The fourth-order valence-corrected chi connectivity index (χ4v) is 3.20. The van der Waals surface area contributed by atoms with Crippen molar-refractivity contribution in [1.82, 2.24) is 15.1 Å². The summed E-state index contributed by atoms with van der Waals surface area (Å²) in [6.45, 7) is 2.86. The molecule has 4 nitrogen and oxygen atoms in total. The molecular weight excluding hydrogens is 289 g/mol. The van der Waals surface area contributed by atoms with Crippen molar-refractivity contribution in [1.29, 1.82) is 0 Å². The average Bonchev–Trinajstić information content (AvgIpc) is 2.86. The number of halogens is 1. The van der Waals surface area contributed by atoms with Gasteiger partial charge in [0.15, 0.2) is 5.75 Å². The Labute approximate surface area is 128 Å². The van der Waals surface area contributed by atoms with E-state index in [0.29, 0.717) is 10.6 Å². The summed E-state index contributed by atoms with van der Waals surface area (Å²) in [4.78, 5) is 0.654. The minimum Gasteiger partial charge on any atom is -0.493 e. The van der Waals surface area contributed by atoms with Gasteiger partial charge < -0.3 is 10.1 Å². The summed E-state index contributed by atoms with van der Waals surface area (Å²) >= 11 is 1.49. The van der Waals surface area contributed by atoms with Crippen molar-refractivity contribution in [2.75, 3.05) is 19.4 Å². The van der Waals surface area contributed by atoms with E-state index < -0.39 is 0 Å². The molecule has 0 radical (unpaired) electrons. The van der Waals surface area contributed by atoms with Crippen LogP contribution in [0.3, 0.4) is 0 Å². The number of nitrogens with zero attached hydrogens (tertiary/aromatic N) is 2. The van der Waals surface area contributed by atoms with E-state index >= 15 is 0 Å². The highest BCUT2D eigenvalue weighted by molar-refractivity contribution is 7.99.